The van der Waals surface area contributed by atoms with Crippen LogP contribution in [0.4, 0.5) is 5.69 Å². The van der Waals surface area contributed by atoms with Crippen molar-refractivity contribution in [1.82, 2.24) is 10.3 Å². The van der Waals surface area contributed by atoms with E-state index in [1.807, 2.05) is 0 Å². The van der Waals surface area contributed by atoms with Crippen LogP contribution >= 0.6 is 11.8 Å². The van der Waals surface area contributed by atoms with Gasteiger partial charge >= 0.3 is 0 Å². The maximum absolute atomic E-state index is 11.0. The van der Waals surface area contributed by atoms with Crippen LogP contribution in [-0.2, 0) is 6.54 Å². The van der Waals surface area contributed by atoms with Crippen LogP contribution in [-0.4, -0.2) is 28.0 Å². The average molecular weight is 279 g/mol. The molecule has 0 aliphatic rings. The molecule has 0 amide bonds. The Balaban J connectivity index is 2.58. The molecule has 1 heterocycles. The first kappa shape index (κ1) is 15.5. The topological polar surface area (TPSA) is 68.1 Å². The summed E-state index contributed by atoms with van der Waals surface area (Å²) in [6.07, 6.45) is 6.70. The van der Waals surface area contributed by atoms with E-state index in [1.165, 1.54) is 0 Å². The second-order valence-corrected chi connectivity index (χ2v) is 5.16. The SMILES string of the molecule is C#CCSCCNCc1ncc(C)c([N+](=O)[O-])c1C. The van der Waals surface area contributed by atoms with Crippen molar-refractivity contribution in [3.8, 4) is 12.3 Å². The smallest absolute Gasteiger partial charge is 0.278 e. The van der Waals surface area contributed by atoms with Gasteiger partial charge in [0.25, 0.3) is 5.69 Å². The molecule has 0 aliphatic heterocycles. The number of rotatable bonds is 7. The van der Waals surface area contributed by atoms with Crippen LogP contribution in [0.1, 0.15) is 16.8 Å². The Kier molecular flexibility index (Phi) is 6.33. The van der Waals surface area contributed by atoms with Crippen LogP contribution < -0.4 is 5.32 Å². The predicted molar refractivity (Wildman–Crippen MR) is 78.2 cm³/mol. The van der Waals surface area contributed by atoms with Gasteiger partial charge in [-0.3, -0.25) is 15.1 Å². The minimum atomic E-state index is -0.349. The third kappa shape index (κ3) is 4.54. The van der Waals surface area contributed by atoms with Crippen LogP contribution in [0.5, 0.6) is 0 Å². The van der Waals surface area contributed by atoms with Crippen LogP contribution in [0.25, 0.3) is 0 Å². The number of pyridine rings is 1. The average Bonchev–Trinajstić information content (AvgIpc) is 2.35. The summed E-state index contributed by atoms with van der Waals surface area (Å²) in [5.41, 5.74) is 2.11. The highest BCUT2D eigenvalue weighted by atomic mass is 32.2. The number of thioether (sulfide) groups is 1. The Morgan fingerprint density at radius 3 is 2.95 bits per heavy atom. The van der Waals surface area contributed by atoms with Crippen molar-refractivity contribution in [2.75, 3.05) is 18.1 Å². The fraction of sp³-hybridized carbons (Fsp3) is 0.462. The molecule has 0 atom stereocenters. The number of hydrogen-bond acceptors (Lipinski definition) is 5. The molecule has 102 valence electrons. The molecule has 1 rings (SSSR count). The number of terminal acetylenes is 1. The number of nitro groups is 1. The Morgan fingerprint density at radius 2 is 2.32 bits per heavy atom. The predicted octanol–water partition coefficient (Wildman–Crippen LogP) is 2.06. The van der Waals surface area contributed by atoms with Crippen molar-refractivity contribution >= 4 is 17.4 Å². The van der Waals surface area contributed by atoms with Gasteiger partial charge in [-0.1, -0.05) is 5.92 Å². The van der Waals surface area contributed by atoms with Gasteiger partial charge in [0.2, 0.25) is 0 Å². The minimum Gasteiger partial charge on any atom is -0.310 e. The van der Waals surface area contributed by atoms with E-state index < -0.39 is 0 Å². The van der Waals surface area contributed by atoms with Crippen molar-refractivity contribution in [2.45, 2.75) is 20.4 Å². The number of aromatic nitrogens is 1. The van der Waals surface area contributed by atoms with Crippen molar-refractivity contribution in [3.63, 3.8) is 0 Å². The fourth-order valence-electron chi connectivity index (χ4n) is 1.71. The summed E-state index contributed by atoms with van der Waals surface area (Å²) in [5, 5.41) is 14.2. The van der Waals surface area contributed by atoms with Crippen molar-refractivity contribution < 1.29 is 4.92 Å². The van der Waals surface area contributed by atoms with E-state index in [0.29, 0.717) is 23.4 Å². The lowest BCUT2D eigenvalue weighted by Gasteiger charge is -2.08. The molecular weight excluding hydrogens is 262 g/mol. The number of hydrogen-bond donors (Lipinski definition) is 1. The van der Waals surface area contributed by atoms with Crippen molar-refractivity contribution in [3.05, 3.63) is 33.1 Å². The van der Waals surface area contributed by atoms with Gasteiger partial charge in [-0.25, -0.2) is 0 Å². The van der Waals surface area contributed by atoms with Crippen LogP contribution in [0.15, 0.2) is 6.20 Å². The molecule has 1 N–H and O–H groups in total. The summed E-state index contributed by atoms with van der Waals surface area (Å²) in [4.78, 5) is 14.9. The third-order valence-electron chi connectivity index (χ3n) is 2.66. The molecule has 0 aromatic carbocycles. The molecule has 0 saturated carbocycles. The lowest BCUT2D eigenvalue weighted by molar-refractivity contribution is -0.386. The molecular formula is C13H17N3O2S. The van der Waals surface area contributed by atoms with E-state index in [-0.39, 0.29) is 10.6 Å². The number of nitrogens with zero attached hydrogens (tertiary/aromatic N) is 2. The van der Waals surface area contributed by atoms with Gasteiger partial charge < -0.3 is 5.32 Å². The zero-order chi connectivity index (χ0) is 14.3. The van der Waals surface area contributed by atoms with Gasteiger partial charge in [0.15, 0.2) is 0 Å². The van der Waals surface area contributed by atoms with Gasteiger partial charge in [0.1, 0.15) is 0 Å². The quantitative estimate of drug-likeness (QED) is 0.358. The highest BCUT2D eigenvalue weighted by Crippen LogP contribution is 2.23. The lowest BCUT2D eigenvalue weighted by Crippen LogP contribution is -2.18. The Hall–Kier alpha value is -1.58. The largest absolute Gasteiger partial charge is 0.310 e. The molecule has 1 aromatic heterocycles. The van der Waals surface area contributed by atoms with Crippen LogP contribution in [0.2, 0.25) is 0 Å². The molecule has 0 spiro atoms. The van der Waals surface area contributed by atoms with Crippen LogP contribution in [0, 0.1) is 36.3 Å². The fourth-order valence-corrected chi connectivity index (χ4v) is 2.26. The molecule has 1 aromatic rings. The molecule has 0 fully saturated rings. The summed E-state index contributed by atoms with van der Waals surface area (Å²) in [6.45, 7) is 4.77. The molecule has 0 aliphatic carbocycles. The molecule has 0 bridgehead atoms. The summed E-state index contributed by atoms with van der Waals surface area (Å²) >= 11 is 1.68. The van der Waals surface area contributed by atoms with E-state index >= 15 is 0 Å². The number of nitrogens with one attached hydrogen (secondary N) is 1. The molecule has 0 unspecified atom stereocenters. The lowest BCUT2D eigenvalue weighted by atomic mass is 10.1. The molecule has 0 radical (unpaired) electrons. The normalized spacial score (nSPS) is 10.2. The second-order valence-electron chi connectivity index (χ2n) is 4.05. The van der Waals surface area contributed by atoms with Crippen LogP contribution in [0.3, 0.4) is 0 Å². The summed E-state index contributed by atoms with van der Waals surface area (Å²) in [5.74, 6) is 4.18. The highest BCUT2D eigenvalue weighted by molar-refractivity contribution is 7.99. The van der Waals surface area contributed by atoms with E-state index in [1.54, 1.807) is 31.8 Å². The molecule has 6 heteroatoms. The van der Waals surface area contributed by atoms with Gasteiger partial charge in [0, 0.05) is 36.2 Å². The molecule has 0 saturated heterocycles. The van der Waals surface area contributed by atoms with Crippen molar-refractivity contribution in [1.29, 1.82) is 0 Å². The first-order valence-electron chi connectivity index (χ1n) is 5.89. The number of aryl methyl sites for hydroxylation is 1. The summed E-state index contributed by atoms with van der Waals surface area (Å²) < 4.78 is 0. The van der Waals surface area contributed by atoms with Gasteiger partial charge in [-0.15, -0.1) is 18.2 Å². The third-order valence-corrected chi connectivity index (χ3v) is 3.52. The zero-order valence-corrected chi connectivity index (χ0v) is 11.9. The molecule has 5 nitrogen and oxygen atoms in total. The monoisotopic (exact) mass is 279 g/mol. The second kappa shape index (κ2) is 7.77. The Morgan fingerprint density at radius 1 is 1.58 bits per heavy atom. The van der Waals surface area contributed by atoms with E-state index in [2.05, 4.69) is 16.2 Å². The van der Waals surface area contributed by atoms with Gasteiger partial charge in [0.05, 0.1) is 16.4 Å². The van der Waals surface area contributed by atoms with E-state index in [0.717, 1.165) is 18.0 Å². The maximum atomic E-state index is 11.0. The van der Waals surface area contributed by atoms with Crippen molar-refractivity contribution in [2.24, 2.45) is 0 Å². The minimum absolute atomic E-state index is 0.161. The molecule has 19 heavy (non-hydrogen) atoms. The van der Waals surface area contributed by atoms with E-state index in [9.17, 15) is 10.1 Å². The first-order valence-corrected chi connectivity index (χ1v) is 7.04. The van der Waals surface area contributed by atoms with Gasteiger partial charge in [-0.05, 0) is 13.8 Å². The van der Waals surface area contributed by atoms with E-state index in [4.69, 9.17) is 6.42 Å². The summed E-state index contributed by atoms with van der Waals surface area (Å²) in [6, 6.07) is 0. The summed E-state index contributed by atoms with van der Waals surface area (Å²) in [7, 11) is 0. The van der Waals surface area contributed by atoms with Gasteiger partial charge in [-0.2, -0.15) is 0 Å². The zero-order valence-electron chi connectivity index (χ0n) is 11.1. The maximum Gasteiger partial charge on any atom is 0.278 e. The first-order chi connectivity index (χ1) is 9.07. The Labute approximate surface area is 117 Å². The standard InChI is InChI=1S/C13H17N3O2S/c1-4-6-19-7-5-14-9-12-11(3)13(16(17)18)10(2)8-15-12/h1,8,14H,5-7,9H2,2-3H3. The highest BCUT2D eigenvalue weighted by Gasteiger charge is 2.18. The Bertz CT molecular complexity index is 497.